The van der Waals surface area contributed by atoms with Crippen LogP contribution in [0.5, 0.6) is 0 Å². The van der Waals surface area contributed by atoms with Crippen LogP contribution in [0.15, 0.2) is 60.7 Å². The minimum absolute atomic E-state index is 0.0541. The summed E-state index contributed by atoms with van der Waals surface area (Å²) >= 11 is 0. The van der Waals surface area contributed by atoms with Gasteiger partial charge in [-0.05, 0) is 40.5 Å². The Morgan fingerprint density at radius 1 is 0.636 bits per heavy atom. The van der Waals surface area contributed by atoms with Crippen molar-refractivity contribution in [1.29, 1.82) is 0 Å². The Bertz CT molecular complexity index is 934. The van der Waals surface area contributed by atoms with Gasteiger partial charge in [0.05, 0.1) is 11.4 Å². The molecule has 0 saturated heterocycles. The van der Waals surface area contributed by atoms with E-state index in [1.165, 1.54) is 33.4 Å². The van der Waals surface area contributed by atoms with E-state index in [1.54, 1.807) is 0 Å². The first-order valence-corrected chi connectivity index (χ1v) is 7.76. The molecule has 1 nitrogen and oxygen atoms in total. The van der Waals surface area contributed by atoms with Gasteiger partial charge < -0.3 is 0 Å². The van der Waals surface area contributed by atoms with Gasteiger partial charge in [0.1, 0.15) is 0 Å². The topological polar surface area (TPSA) is 14.1 Å². The quantitative estimate of drug-likeness (QED) is 0.402. The Hall–Kier alpha value is -2.54. The van der Waals surface area contributed by atoms with Gasteiger partial charge in [-0.3, -0.25) is 0 Å². The summed E-state index contributed by atoms with van der Waals surface area (Å²) in [6.45, 7) is 4.64. The zero-order valence-electron chi connectivity index (χ0n) is 12.7. The van der Waals surface area contributed by atoms with Gasteiger partial charge in [0, 0.05) is 16.5 Å². The summed E-state index contributed by atoms with van der Waals surface area (Å²) < 4.78 is 0. The second-order valence-corrected chi connectivity index (χ2v) is 6.71. The summed E-state index contributed by atoms with van der Waals surface area (Å²) in [6, 6.07) is 21.8. The highest BCUT2D eigenvalue weighted by Crippen LogP contribution is 2.53. The molecule has 1 radical (unpaired) electrons. The molecule has 105 valence electrons. The summed E-state index contributed by atoms with van der Waals surface area (Å²) in [4.78, 5) is 0. The molecule has 0 aromatic heterocycles. The monoisotopic (exact) mass is 282 g/mol. The standard InChI is InChI=1S/C21H16N/c1-21(2)17-9-5-3-7-13(17)15-12-20-16(11-18(15)21)14-8-4-6-10-19(14)22-20/h3-12H,1-2H3. The highest BCUT2D eigenvalue weighted by atomic mass is 14.9. The largest absolute Gasteiger partial charge is 0.248 e. The maximum Gasteiger partial charge on any atom is 0.0722 e. The van der Waals surface area contributed by atoms with Gasteiger partial charge in [0.25, 0.3) is 0 Å². The first kappa shape index (κ1) is 12.0. The van der Waals surface area contributed by atoms with Crippen molar-refractivity contribution in [3.63, 3.8) is 0 Å². The fraction of sp³-hybridized carbons (Fsp3) is 0.143. The van der Waals surface area contributed by atoms with E-state index in [1.807, 2.05) is 0 Å². The predicted molar refractivity (Wildman–Crippen MR) is 90.9 cm³/mol. The first-order valence-electron chi connectivity index (χ1n) is 7.76. The van der Waals surface area contributed by atoms with E-state index in [4.69, 9.17) is 5.32 Å². The number of fused-ring (bicyclic) bond motifs is 6. The van der Waals surface area contributed by atoms with Gasteiger partial charge in [0.15, 0.2) is 0 Å². The summed E-state index contributed by atoms with van der Waals surface area (Å²) in [5.74, 6) is 0. The van der Waals surface area contributed by atoms with E-state index in [9.17, 15) is 0 Å². The van der Waals surface area contributed by atoms with Crippen LogP contribution >= 0.6 is 0 Å². The van der Waals surface area contributed by atoms with Gasteiger partial charge >= 0.3 is 0 Å². The zero-order chi connectivity index (χ0) is 14.9. The molecule has 22 heavy (non-hydrogen) atoms. The smallest absolute Gasteiger partial charge is 0.0722 e. The van der Waals surface area contributed by atoms with Crippen LogP contribution in [0.25, 0.3) is 22.3 Å². The molecule has 3 aromatic carbocycles. The Morgan fingerprint density at radius 2 is 1.36 bits per heavy atom. The molecular weight excluding hydrogens is 266 g/mol. The third-order valence-corrected chi connectivity index (χ3v) is 5.13. The first-order chi connectivity index (χ1) is 10.7. The predicted octanol–water partition coefficient (Wildman–Crippen LogP) is 5.54. The van der Waals surface area contributed by atoms with E-state index < -0.39 is 0 Å². The van der Waals surface area contributed by atoms with Crippen molar-refractivity contribution in [1.82, 2.24) is 5.32 Å². The lowest BCUT2D eigenvalue weighted by Crippen LogP contribution is -2.14. The lowest BCUT2D eigenvalue weighted by Gasteiger charge is -2.21. The van der Waals surface area contributed by atoms with Crippen molar-refractivity contribution in [3.05, 3.63) is 71.8 Å². The lowest BCUT2D eigenvalue weighted by molar-refractivity contribution is 0.660. The number of hydrogen-bond acceptors (Lipinski definition) is 0. The highest BCUT2D eigenvalue weighted by Gasteiger charge is 2.37. The van der Waals surface area contributed by atoms with Crippen LogP contribution in [0.4, 0.5) is 11.4 Å². The number of para-hydroxylation sites is 1. The van der Waals surface area contributed by atoms with Crippen LogP contribution in [0.3, 0.4) is 0 Å². The second-order valence-electron chi connectivity index (χ2n) is 6.71. The molecular formula is C21H16N. The molecule has 0 amide bonds. The average molecular weight is 282 g/mol. The molecule has 0 fully saturated rings. The van der Waals surface area contributed by atoms with Crippen molar-refractivity contribution < 1.29 is 0 Å². The van der Waals surface area contributed by atoms with E-state index in [-0.39, 0.29) is 5.41 Å². The molecule has 1 heterocycles. The van der Waals surface area contributed by atoms with Crippen LogP contribution < -0.4 is 5.32 Å². The van der Waals surface area contributed by atoms with Crippen molar-refractivity contribution >= 4 is 11.4 Å². The summed E-state index contributed by atoms with van der Waals surface area (Å²) in [5.41, 5.74) is 10.3. The molecule has 2 aliphatic rings. The molecule has 0 N–H and O–H groups in total. The molecule has 0 bridgehead atoms. The Morgan fingerprint density at radius 3 is 2.23 bits per heavy atom. The minimum atomic E-state index is 0.0541. The fourth-order valence-electron chi connectivity index (χ4n) is 3.97. The van der Waals surface area contributed by atoms with Gasteiger partial charge in [0.2, 0.25) is 0 Å². The number of benzene rings is 3. The normalized spacial score (nSPS) is 15.5. The van der Waals surface area contributed by atoms with Crippen LogP contribution in [0.2, 0.25) is 0 Å². The third kappa shape index (κ3) is 1.34. The van der Waals surface area contributed by atoms with Gasteiger partial charge in [-0.1, -0.05) is 56.3 Å². The van der Waals surface area contributed by atoms with Gasteiger partial charge in [-0.15, -0.1) is 0 Å². The summed E-state index contributed by atoms with van der Waals surface area (Å²) in [6.07, 6.45) is 0. The third-order valence-electron chi connectivity index (χ3n) is 5.13. The average Bonchev–Trinajstić information content (AvgIpc) is 3.00. The number of rotatable bonds is 0. The van der Waals surface area contributed by atoms with Crippen LogP contribution in [-0.2, 0) is 5.41 Å². The van der Waals surface area contributed by atoms with Crippen LogP contribution in [0, 0.1) is 0 Å². The second kappa shape index (κ2) is 3.80. The minimum Gasteiger partial charge on any atom is -0.248 e. The molecule has 0 atom stereocenters. The van der Waals surface area contributed by atoms with Crippen LogP contribution in [-0.4, -0.2) is 0 Å². The molecule has 0 unspecified atom stereocenters. The molecule has 0 saturated carbocycles. The fourth-order valence-corrected chi connectivity index (χ4v) is 3.97. The molecule has 3 aromatic rings. The van der Waals surface area contributed by atoms with Gasteiger partial charge in [-0.25, -0.2) is 5.32 Å². The molecule has 1 aliphatic carbocycles. The van der Waals surface area contributed by atoms with E-state index >= 15 is 0 Å². The molecule has 5 rings (SSSR count). The summed E-state index contributed by atoms with van der Waals surface area (Å²) in [7, 11) is 0. The molecule has 1 aliphatic heterocycles. The lowest BCUT2D eigenvalue weighted by atomic mass is 9.81. The highest BCUT2D eigenvalue weighted by molar-refractivity contribution is 5.95. The van der Waals surface area contributed by atoms with E-state index in [0.29, 0.717) is 0 Å². The maximum absolute atomic E-state index is 4.81. The Kier molecular flexibility index (Phi) is 2.08. The van der Waals surface area contributed by atoms with E-state index in [2.05, 4.69) is 74.5 Å². The van der Waals surface area contributed by atoms with Crippen molar-refractivity contribution in [3.8, 4) is 22.3 Å². The van der Waals surface area contributed by atoms with Crippen LogP contribution in [0.1, 0.15) is 25.0 Å². The van der Waals surface area contributed by atoms with Gasteiger partial charge in [-0.2, -0.15) is 0 Å². The van der Waals surface area contributed by atoms with Crippen molar-refractivity contribution in [2.24, 2.45) is 0 Å². The Balaban J connectivity index is 1.82. The molecule has 1 heteroatoms. The Labute approximate surface area is 130 Å². The van der Waals surface area contributed by atoms with Crippen molar-refractivity contribution in [2.75, 3.05) is 0 Å². The molecule has 0 spiro atoms. The van der Waals surface area contributed by atoms with E-state index in [0.717, 1.165) is 11.4 Å². The number of hydrogen-bond donors (Lipinski definition) is 0. The maximum atomic E-state index is 4.81. The zero-order valence-corrected chi connectivity index (χ0v) is 12.7. The summed E-state index contributed by atoms with van der Waals surface area (Å²) in [5, 5.41) is 4.81. The number of nitrogens with zero attached hydrogens (tertiary/aromatic N) is 1. The SMILES string of the molecule is CC1(C)c2ccccc2-c2cc3c(cc21)-c1ccccc1[N]3. The van der Waals surface area contributed by atoms with Crippen molar-refractivity contribution in [2.45, 2.75) is 19.3 Å².